The van der Waals surface area contributed by atoms with Gasteiger partial charge in [-0.25, -0.2) is 9.59 Å². The van der Waals surface area contributed by atoms with Crippen molar-refractivity contribution in [3.8, 4) is 0 Å². The van der Waals surface area contributed by atoms with Crippen LogP contribution in [0.4, 0.5) is 0 Å². The molecule has 3 atom stereocenters. The molecule has 0 spiro atoms. The van der Waals surface area contributed by atoms with Crippen LogP contribution in [-0.2, 0) is 30.5 Å². The molecular formula is C28H27Cl2N4O7S4+. The van der Waals surface area contributed by atoms with E-state index in [4.69, 9.17) is 35.4 Å². The standard InChI is InChI=1S/C28H26Cl2N4O7S4/c29-16-3-4-18(30)20(10-16)44-14-22(36)32-23-25(37)34-24(28(40)41)15(13-45-26(23)34)12-43-17-5-7-33(8-6-17)11-21(35)31-19(27(38)39)2-1-9-42/h3-10,19,23,26H,1-2,11-14H2,(H3-,31,32,35,36,38,39,40,41)/p+1/t19?,23-,26+/m0/s1. The van der Waals surface area contributed by atoms with Gasteiger partial charge in [0.25, 0.3) is 11.8 Å². The minimum Gasteiger partial charge on any atom is -0.480 e. The number of fused-ring (bicyclic) bond motifs is 1. The number of thiocarbonyl (C=S) groups is 1. The molecule has 2 aromatic rings. The predicted molar refractivity (Wildman–Crippen MR) is 177 cm³/mol. The number of rotatable bonds is 15. The summed E-state index contributed by atoms with van der Waals surface area (Å²) in [5.74, 6) is -3.01. The maximum atomic E-state index is 13.0. The number of carboxylic acids is 2. The van der Waals surface area contributed by atoms with Gasteiger partial charge in [-0.3, -0.25) is 19.3 Å². The molecule has 4 N–H and O–H groups in total. The molecule has 3 amide bonds. The number of carbonyl (C=O) groups excluding carboxylic acids is 3. The minimum atomic E-state index is -1.22. The molecule has 2 aliphatic rings. The third-order valence-electron chi connectivity index (χ3n) is 6.62. The Labute approximate surface area is 286 Å². The second-order valence-corrected chi connectivity index (χ2v) is 14.1. The number of nitrogens with one attached hydrogen (secondary N) is 2. The van der Waals surface area contributed by atoms with Gasteiger partial charge < -0.3 is 20.8 Å². The predicted octanol–water partition coefficient (Wildman–Crippen LogP) is 3.25. The lowest BCUT2D eigenvalue weighted by Crippen LogP contribution is -2.70. The van der Waals surface area contributed by atoms with Crippen LogP contribution >= 0.6 is 70.7 Å². The fraction of sp³-hybridized carbons (Fsp3) is 0.321. The Morgan fingerprint density at radius 3 is 2.53 bits per heavy atom. The molecule has 11 nitrogen and oxygen atoms in total. The van der Waals surface area contributed by atoms with Crippen molar-refractivity contribution in [3.05, 3.63) is 64.0 Å². The molecule has 1 aromatic carbocycles. The summed E-state index contributed by atoms with van der Waals surface area (Å²) < 4.78 is 1.59. The Morgan fingerprint density at radius 2 is 1.87 bits per heavy atom. The zero-order chi connectivity index (χ0) is 32.7. The molecule has 4 rings (SSSR count). The lowest BCUT2D eigenvalue weighted by Gasteiger charge is -2.49. The van der Waals surface area contributed by atoms with Crippen molar-refractivity contribution in [2.24, 2.45) is 0 Å². The average Bonchev–Trinajstić information content (AvgIpc) is 3.01. The van der Waals surface area contributed by atoms with Crippen molar-refractivity contribution in [1.82, 2.24) is 15.5 Å². The fourth-order valence-corrected chi connectivity index (χ4v) is 8.26. The van der Waals surface area contributed by atoms with Crippen molar-refractivity contribution < 1.29 is 38.8 Å². The van der Waals surface area contributed by atoms with Crippen LogP contribution in [0.15, 0.2) is 63.8 Å². The van der Waals surface area contributed by atoms with Gasteiger partial charge in [0, 0.05) is 38.5 Å². The van der Waals surface area contributed by atoms with Crippen LogP contribution in [0.5, 0.6) is 0 Å². The van der Waals surface area contributed by atoms with Crippen LogP contribution in [-0.4, -0.2) is 84.9 Å². The topological polar surface area (TPSA) is 157 Å². The van der Waals surface area contributed by atoms with E-state index in [0.717, 1.165) is 4.90 Å². The number of nitrogens with zero attached hydrogens (tertiary/aromatic N) is 2. The van der Waals surface area contributed by atoms with Crippen LogP contribution in [0.25, 0.3) is 0 Å². The van der Waals surface area contributed by atoms with Gasteiger partial charge in [-0.2, -0.15) is 4.57 Å². The second kappa shape index (κ2) is 16.1. The minimum absolute atomic E-state index is 0.00366. The molecule has 45 heavy (non-hydrogen) atoms. The number of thioether (sulfide) groups is 3. The number of aromatic nitrogens is 1. The molecule has 17 heteroatoms. The number of amides is 3. The summed E-state index contributed by atoms with van der Waals surface area (Å²) in [6.45, 7) is -0.0829. The van der Waals surface area contributed by atoms with Crippen molar-refractivity contribution in [3.63, 3.8) is 0 Å². The highest BCUT2D eigenvalue weighted by Gasteiger charge is 2.54. The maximum Gasteiger partial charge on any atom is 0.352 e. The summed E-state index contributed by atoms with van der Waals surface area (Å²) in [6.07, 6.45) is 3.92. The van der Waals surface area contributed by atoms with E-state index in [2.05, 4.69) is 10.6 Å². The summed E-state index contributed by atoms with van der Waals surface area (Å²) in [7, 11) is 0. The molecule has 1 saturated heterocycles. The van der Waals surface area contributed by atoms with Crippen molar-refractivity contribution in [1.29, 1.82) is 0 Å². The van der Waals surface area contributed by atoms with Crippen LogP contribution in [0.2, 0.25) is 10.0 Å². The lowest BCUT2D eigenvalue weighted by molar-refractivity contribution is -0.684. The molecule has 238 valence electrons. The van der Waals surface area contributed by atoms with Crippen molar-refractivity contribution >= 4 is 106 Å². The zero-order valence-electron chi connectivity index (χ0n) is 23.3. The van der Waals surface area contributed by atoms with Gasteiger partial charge >= 0.3 is 11.9 Å². The summed E-state index contributed by atoms with van der Waals surface area (Å²) in [5.41, 5.74) is 0.497. The van der Waals surface area contributed by atoms with Gasteiger partial charge in [0.15, 0.2) is 12.4 Å². The molecule has 2 aliphatic heterocycles. The van der Waals surface area contributed by atoms with E-state index >= 15 is 0 Å². The number of aliphatic carboxylic acids is 2. The first-order valence-corrected chi connectivity index (χ1v) is 17.6. The number of carbonyl (C=O) groups is 5. The maximum absolute atomic E-state index is 13.0. The fourth-order valence-electron chi connectivity index (χ4n) is 4.45. The highest BCUT2D eigenvalue weighted by atomic mass is 35.5. The van der Waals surface area contributed by atoms with E-state index in [0.29, 0.717) is 38.4 Å². The Kier molecular flexibility index (Phi) is 12.6. The normalized spacial score (nSPS) is 18.0. The monoisotopic (exact) mass is 729 g/mol. The average molecular weight is 731 g/mol. The smallest absolute Gasteiger partial charge is 0.352 e. The third kappa shape index (κ3) is 9.14. The van der Waals surface area contributed by atoms with Crippen LogP contribution in [0.1, 0.15) is 12.8 Å². The van der Waals surface area contributed by atoms with Crippen molar-refractivity contribution in [2.75, 3.05) is 17.3 Å². The first-order valence-electron chi connectivity index (χ1n) is 13.3. The van der Waals surface area contributed by atoms with Crippen molar-refractivity contribution in [2.45, 2.75) is 46.6 Å². The van der Waals surface area contributed by atoms with E-state index in [-0.39, 0.29) is 30.3 Å². The molecule has 1 fully saturated rings. The number of hydrogen-bond donors (Lipinski definition) is 4. The molecule has 0 saturated carbocycles. The highest BCUT2D eigenvalue weighted by Crippen LogP contribution is 2.41. The number of carboxylic acid groups (broad SMARTS) is 2. The van der Waals surface area contributed by atoms with Gasteiger partial charge in [0.05, 0.1) is 10.8 Å². The van der Waals surface area contributed by atoms with Gasteiger partial charge in [-0.05, 0) is 42.0 Å². The van der Waals surface area contributed by atoms with Gasteiger partial charge in [0.1, 0.15) is 23.2 Å². The largest absolute Gasteiger partial charge is 0.480 e. The van der Waals surface area contributed by atoms with Gasteiger partial charge in [0.2, 0.25) is 12.5 Å². The van der Waals surface area contributed by atoms with Crippen LogP contribution < -0.4 is 15.2 Å². The van der Waals surface area contributed by atoms with E-state index in [1.165, 1.54) is 45.6 Å². The molecular weight excluding hydrogens is 704 g/mol. The Hall–Kier alpha value is -2.82. The molecule has 1 unspecified atom stereocenters. The number of hydrogen-bond acceptors (Lipinski definition) is 9. The Bertz CT molecular complexity index is 1540. The molecule has 3 heterocycles. The van der Waals surface area contributed by atoms with E-state index in [9.17, 15) is 34.2 Å². The quantitative estimate of drug-likeness (QED) is 0.0924. The summed E-state index contributed by atoms with van der Waals surface area (Å²) in [6, 6.07) is 6.57. The van der Waals surface area contributed by atoms with Crippen LogP contribution in [0, 0.1) is 0 Å². The van der Waals surface area contributed by atoms with Gasteiger partial charge in [-0.15, -0.1) is 35.3 Å². The summed E-state index contributed by atoms with van der Waals surface area (Å²) in [4.78, 5) is 64.1. The van der Waals surface area contributed by atoms with Gasteiger partial charge in [-0.1, -0.05) is 35.4 Å². The highest BCUT2D eigenvalue weighted by molar-refractivity contribution is 8.01. The molecule has 1 aromatic heterocycles. The van der Waals surface area contributed by atoms with Crippen LogP contribution in [0.3, 0.4) is 0 Å². The van der Waals surface area contributed by atoms with E-state index < -0.39 is 41.2 Å². The molecule has 0 bridgehead atoms. The van der Waals surface area contributed by atoms with E-state index in [1.807, 2.05) is 0 Å². The SMILES string of the molecule is O=C(C[n+]1ccc(SCC2=C(C(=O)O)N3C(=O)[C@H](NC(=O)CSc4cc(Cl)ccc4Cl)[C@H]3SC2)cc1)NC(CCC=S)C(=O)O. The number of pyridine rings is 1. The third-order valence-corrected chi connectivity index (χ3v) is 11.0. The Balaban J connectivity index is 1.31. The lowest BCUT2D eigenvalue weighted by atomic mass is 10.0. The first kappa shape index (κ1) is 35.0. The number of benzene rings is 1. The summed E-state index contributed by atoms with van der Waals surface area (Å²) in [5, 5.41) is 26.3. The summed E-state index contributed by atoms with van der Waals surface area (Å²) >= 11 is 20.8. The molecule has 0 aliphatic carbocycles. The molecule has 0 radical (unpaired) electrons. The second-order valence-electron chi connectivity index (χ2n) is 9.77. The zero-order valence-corrected chi connectivity index (χ0v) is 28.1. The van der Waals surface area contributed by atoms with E-state index in [1.54, 1.807) is 47.3 Å². The Morgan fingerprint density at radius 1 is 1.13 bits per heavy atom. The first-order chi connectivity index (χ1) is 21.5. The number of halogens is 2. The number of β-lactam (4-membered cyclic amide) rings is 1.